The van der Waals surface area contributed by atoms with Gasteiger partial charge in [-0.15, -0.1) is 0 Å². The number of aromatic nitrogens is 3. The van der Waals surface area contributed by atoms with Crippen LogP contribution in [-0.2, 0) is 17.7 Å². The van der Waals surface area contributed by atoms with E-state index >= 15 is 0 Å². The number of piperidine rings is 1. The highest BCUT2D eigenvalue weighted by Gasteiger charge is 2.41. The summed E-state index contributed by atoms with van der Waals surface area (Å²) in [6.07, 6.45) is 8.08. The molecule has 2 aromatic heterocycles. The summed E-state index contributed by atoms with van der Waals surface area (Å²) in [6.45, 7) is 4.26. The lowest BCUT2D eigenvalue weighted by atomic mass is 9.77. The summed E-state index contributed by atoms with van der Waals surface area (Å²) in [5, 5.41) is 8.85. The predicted molar refractivity (Wildman–Crippen MR) is 131 cm³/mol. The first-order chi connectivity index (χ1) is 16.9. The van der Waals surface area contributed by atoms with Crippen molar-refractivity contribution in [1.82, 2.24) is 19.8 Å². The number of methoxy groups -OCH3 is 1. The molecule has 1 atom stereocenters. The molecule has 0 aliphatic carbocycles. The first-order valence-electron chi connectivity index (χ1n) is 12.1. The molecule has 4 heterocycles. The van der Waals surface area contributed by atoms with Gasteiger partial charge in [-0.05, 0) is 62.6 Å². The second kappa shape index (κ2) is 10.0. The van der Waals surface area contributed by atoms with Gasteiger partial charge in [-0.1, -0.05) is 28.9 Å². The average Bonchev–Trinajstić information content (AvgIpc) is 3.45. The van der Waals surface area contributed by atoms with Crippen LogP contribution in [0.4, 0.5) is 0 Å². The lowest BCUT2D eigenvalue weighted by molar-refractivity contribution is -0.123. The topological polar surface area (TPSA) is 82.6 Å². The molecule has 8 nitrogen and oxygen atoms in total. The van der Waals surface area contributed by atoms with Gasteiger partial charge >= 0.3 is 0 Å². The van der Waals surface area contributed by atoms with Gasteiger partial charge in [0.2, 0.25) is 0 Å². The van der Waals surface area contributed by atoms with Crippen molar-refractivity contribution in [1.29, 1.82) is 0 Å². The molecule has 0 N–H and O–H groups in total. The fourth-order valence-electron chi connectivity index (χ4n) is 5.35. The average molecular weight is 499 g/mol. The number of carbonyl (C=O) groups is 1. The van der Waals surface area contributed by atoms with Crippen molar-refractivity contribution in [3.8, 4) is 5.75 Å². The van der Waals surface area contributed by atoms with Crippen molar-refractivity contribution in [2.24, 2.45) is 5.92 Å². The maximum absolute atomic E-state index is 13.4. The Balaban J connectivity index is 1.21. The number of ether oxygens (including phenoxy) is 2. The molecule has 35 heavy (non-hydrogen) atoms. The van der Waals surface area contributed by atoms with Gasteiger partial charge in [-0.3, -0.25) is 9.48 Å². The third-order valence-electron chi connectivity index (χ3n) is 7.35. The SMILES string of the molecule is COc1ccc(CC2CCOC3(CCN(C(=O)c4noc(C)c4Cn4cc(Cl)cn4)CC3)C2)cc1. The molecule has 5 rings (SSSR count). The molecular formula is C26H31ClN4O4. The Bertz CT molecular complexity index is 1160. The first-order valence-corrected chi connectivity index (χ1v) is 12.5. The quantitative estimate of drug-likeness (QED) is 0.496. The van der Waals surface area contributed by atoms with Crippen LogP contribution >= 0.6 is 11.6 Å². The van der Waals surface area contributed by atoms with Crippen LogP contribution in [0.15, 0.2) is 41.2 Å². The number of rotatable bonds is 6. The minimum atomic E-state index is -0.152. The second-order valence-corrected chi connectivity index (χ2v) is 10.1. The van der Waals surface area contributed by atoms with Gasteiger partial charge in [0.15, 0.2) is 5.69 Å². The molecule has 9 heteroatoms. The molecule has 0 bridgehead atoms. The summed E-state index contributed by atoms with van der Waals surface area (Å²) < 4.78 is 18.7. The van der Waals surface area contributed by atoms with Crippen molar-refractivity contribution in [3.05, 3.63) is 64.3 Å². The zero-order valence-corrected chi connectivity index (χ0v) is 21.0. The molecule has 3 aromatic rings. The van der Waals surface area contributed by atoms with Gasteiger partial charge < -0.3 is 18.9 Å². The summed E-state index contributed by atoms with van der Waals surface area (Å²) in [6, 6.07) is 8.35. The van der Waals surface area contributed by atoms with E-state index in [-0.39, 0.29) is 11.5 Å². The van der Waals surface area contributed by atoms with E-state index in [1.165, 1.54) is 5.56 Å². The summed E-state index contributed by atoms with van der Waals surface area (Å²) in [5.41, 5.74) is 2.27. The van der Waals surface area contributed by atoms with E-state index in [1.54, 1.807) is 24.2 Å². The molecule has 2 saturated heterocycles. The summed E-state index contributed by atoms with van der Waals surface area (Å²) in [7, 11) is 1.69. The van der Waals surface area contributed by atoms with Crippen LogP contribution < -0.4 is 4.74 Å². The zero-order valence-electron chi connectivity index (χ0n) is 20.2. The van der Waals surface area contributed by atoms with Gasteiger partial charge in [0.05, 0.1) is 30.5 Å². The molecule has 0 radical (unpaired) electrons. The molecule has 1 amide bonds. The van der Waals surface area contributed by atoms with Crippen molar-refractivity contribution in [2.75, 3.05) is 26.8 Å². The first kappa shape index (κ1) is 23.9. The highest BCUT2D eigenvalue weighted by molar-refractivity contribution is 6.30. The Morgan fingerprint density at radius 3 is 2.71 bits per heavy atom. The summed E-state index contributed by atoms with van der Waals surface area (Å²) >= 11 is 5.99. The highest BCUT2D eigenvalue weighted by Crippen LogP contribution is 2.39. The van der Waals surface area contributed by atoms with Crippen LogP contribution in [0.2, 0.25) is 5.02 Å². The second-order valence-electron chi connectivity index (χ2n) is 9.66. The lowest BCUT2D eigenvalue weighted by Crippen LogP contribution is -2.51. The fourth-order valence-corrected chi connectivity index (χ4v) is 5.50. The molecule has 0 saturated carbocycles. The smallest absolute Gasteiger partial charge is 0.276 e. The van der Waals surface area contributed by atoms with Crippen molar-refractivity contribution in [2.45, 2.75) is 51.2 Å². The fraction of sp³-hybridized carbons (Fsp3) is 0.500. The molecule has 1 unspecified atom stereocenters. The molecule has 1 aromatic carbocycles. The van der Waals surface area contributed by atoms with Gasteiger partial charge in [0.1, 0.15) is 11.5 Å². The number of carbonyl (C=O) groups excluding carboxylic acids is 1. The van der Waals surface area contributed by atoms with Crippen LogP contribution in [0, 0.1) is 12.8 Å². The van der Waals surface area contributed by atoms with E-state index in [0.29, 0.717) is 42.0 Å². The van der Waals surface area contributed by atoms with E-state index in [2.05, 4.69) is 22.4 Å². The lowest BCUT2D eigenvalue weighted by Gasteiger charge is -2.46. The molecule has 2 aliphatic heterocycles. The van der Waals surface area contributed by atoms with Crippen LogP contribution in [-0.4, -0.2) is 58.2 Å². The standard InChI is InChI=1S/C26H31ClN4O4/c1-18-23(17-31-16-21(27)15-28-31)24(29-35-18)25(32)30-10-8-26(9-11-30)14-20(7-12-34-26)13-19-3-5-22(33-2)6-4-19/h3-6,15-16,20H,7-14,17H2,1-2H3. The van der Waals surface area contributed by atoms with Crippen molar-refractivity contribution < 1.29 is 18.8 Å². The van der Waals surface area contributed by atoms with Crippen molar-refractivity contribution in [3.63, 3.8) is 0 Å². The molecule has 1 spiro atoms. The Morgan fingerprint density at radius 1 is 1.26 bits per heavy atom. The monoisotopic (exact) mass is 498 g/mol. The minimum Gasteiger partial charge on any atom is -0.497 e. The molecule has 2 aliphatic rings. The molecule has 186 valence electrons. The Morgan fingerprint density at radius 2 is 2.03 bits per heavy atom. The third-order valence-corrected chi connectivity index (χ3v) is 7.54. The minimum absolute atomic E-state index is 0.101. The largest absolute Gasteiger partial charge is 0.497 e. The number of hydrogen-bond acceptors (Lipinski definition) is 6. The number of hydrogen-bond donors (Lipinski definition) is 0. The zero-order chi connectivity index (χ0) is 24.4. The van der Waals surface area contributed by atoms with Gasteiger partial charge in [-0.25, -0.2) is 0 Å². The maximum Gasteiger partial charge on any atom is 0.276 e. The maximum atomic E-state index is 13.4. The van der Waals surface area contributed by atoms with Gasteiger partial charge in [0.25, 0.3) is 5.91 Å². The normalized spacial score (nSPS) is 19.7. The van der Waals surface area contributed by atoms with Gasteiger partial charge in [0, 0.05) is 31.5 Å². The van der Waals surface area contributed by atoms with E-state index in [1.807, 2.05) is 24.0 Å². The number of amides is 1. The summed E-state index contributed by atoms with van der Waals surface area (Å²) in [4.78, 5) is 15.2. The van der Waals surface area contributed by atoms with E-state index in [4.69, 9.17) is 25.6 Å². The van der Waals surface area contributed by atoms with Crippen LogP contribution in [0.25, 0.3) is 0 Å². The van der Waals surface area contributed by atoms with Crippen molar-refractivity contribution >= 4 is 17.5 Å². The van der Waals surface area contributed by atoms with Gasteiger partial charge in [-0.2, -0.15) is 5.10 Å². The van der Waals surface area contributed by atoms with E-state index in [9.17, 15) is 4.79 Å². The Kier molecular flexibility index (Phi) is 6.84. The number of likely N-dealkylation sites (tertiary alicyclic amines) is 1. The van der Waals surface area contributed by atoms with Crippen LogP contribution in [0.3, 0.4) is 0 Å². The molecule has 2 fully saturated rings. The summed E-state index contributed by atoms with van der Waals surface area (Å²) in [5.74, 6) is 1.97. The number of benzene rings is 1. The predicted octanol–water partition coefficient (Wildman–Crippen LogP) is 4.53. The third kappa shape index (κ3) is 5.23. The number of aryl methyl sites for hydroxylation is 1. The van der Waals surface area contributed by atoms with Crippen LogP contribution in [0.1, 0.15) is 53.1 Å². The Hall–Kier alpha value is -2.84. The highest BCUT2D eigenvalue weighted by atomic mass is 35.5. The number of halogens is 1. The Labute approximate surface area is 210 Å². The van der Waals surface area contributed by atoms with Crippen LogP contribution in [0.5, 0.6) is 5.75 Å². The number of nitrogens with zero attached hydrogens (tertiary/aromatic N) is 4. The van der Waals surface area contributed by atoms with E-state index < -0.39 is 0 Å². The molecular weight excluding hydrogens is 468 g/mol. The van der Waals surface area contributed by atoms with E-state index in [0.717, 1.165) is 50.0 Å².